The van der Waals surface area contributed by atoms with Gasteiger partial charge in [0.1, 0.15) is 17.2 Å². The SMILES string of the molecule is COc1cccc(OC)c1-n1c(-c2ccco2)nnc1N(CCSI)S(=O)(=O)CCN. The van der Waals surface area contributed by atoms with Gasteiger partial charge in [-0.25, -0.2) is 12.7 Å². The highest BCUT2D eigenvalue weighted by Crippen LogP contribution is 2.39. The Hall–Kier alpha value is -1.97. The lowest BCUT2D eigenvalue weighted by Gasteiger charge is -2.24. The molecule has 2 heterocycles. The number of methoxy groups -OCH3 is 2. The number of rotatable bonds is 11. The number of ether oxygens (including phenoxy) is 2. The Morgan fingerprint density at radius 1 is 1.19 bits per heavy atom. The molecule has 3 aromatic rings. The zero-order chi connectivity index (χ0) is 22.4. The average molecular weight is 579 g/mol. The smallest absolute Gasteiger partial charge is 0.246 e. The van der Waals surface area contributed by atoms with Crippen molar-refractivity contribution in [2.24, 2.45) is 5.73 Å². The predicted octanol–water partition coefficient (Wildman–Crippen LogP) is 2.72. The highest BCUT2D eigenvalue weighted by atomic mass is 127. The Morgan fingerprint density at radius 2 is 1.90 bits per heavy atom. The fraction of sp³-hybridized carbons (Fsp3) is 0.333. The summed E-state index contributed by atoms with van der Waals surface area (Å²) in [5.41, 5.74) is 6.02. The van der Waals surface area contributed by atoms with E-state index in [0.717, 1.165) is 0 Å². The zero-order valence-corrected chi connectivity index (χ0v) is 20.7. The van der Waals surface area contributed by atoms with Crippen LogP contribution < -0.4 is 19.5 Å². The van der Waals surface area contributed by atoms with Gasteiger partial charge in [0.25, 0.3) is 0 Å². The van der Waals surface area contributed by atoms with Crippen molar-refractivity contribution in [2.75, 3.05) is 43.1 Å². The van der Waals surface area contributed by atoms with E-state index >= 15 is 0 Å². The van der Waals surface area contributed by atoms with Crippen molar-refractivity contribution >= 4 is 46.1 Å². The molecule has 2 N–H and O–H groups in total. The number of aromatic nitrogens is 3. The molecule has 0 saturated carbocycles. The molecule has 31 heavy (non-hydrogen) atoms. The van der Waals surface area contributed by atoms with Gasteiger partial charge in [0, 0.05) is 18.8 Å². The Labute approximate surface area is 196 Å². The van der Waals surface area contributed by atoms with Gasteiger partial charge in [-0.1, -0.05) is 15.0 Å². The first kappa shape index (κ1) is 23.7. The molecule has 13 heteroatoms. The van der Waals surface area contributed by atoms with Crippen molar-refractivity contribution in [1.82, 2.24) is 14.8 Å². The summed E-state index contributed by atoms with van der Waals surface area (Å²) in [6, 6.07) is 8.68. The third-order valence-electron chi connectivity index (χ3n) is 4.32. The molecule has 0 aliphatic heterocycles. The minimum atomic E-state index is -3.77. The third-order valence-corrected chi connectivity index (χ3v) is 7.75. The molecule has 0 saturated heterocycles. The number of nitrogens with zero attached hydrogens (tertiary/aromatic N) is 4. The molecule has 3 rings (SSSR count). The Kier molecular flexibility index (Phi) is 8.07. The van der Waals surface area contributed by atoms with Crippen LogP contribution in [0.5, 0.6) is 11.5 Å². The van der Waals surface area contributed by atoms with Crippen LogP contribution in [0.4, 0.5) is 5.95 Å². The Morgan fingerprint density at radius 3 is 2.45 bits per heavy atom. The number of hydrogen-bond donors (Lipinski definition) is 1. The van der Waals surface area contributed by atoms with Crippen LogP contribution in [0.3, 0.4) is 0 Å². The molecule has 168 valence electrons. The molecule has 10 nitrogen and oxygen atoms in total. The van der Waals surface area contributed by atoms with Crippen molar-refractivity contribution in [3.05, 3.63) is 36.6 Å². The van der Waals surface area contributed by atoms with Crippen molar-refractivity contribution in [3.8, 4) is 28.8 Å². The average Bonchev–Trinajstić information content (AvgIpc) is 3.43. The molecule has 0 spiro atoms. The molecule has 0 bridgehead atoms. The summed E-state index contributed by atoms with van der Waals surface area (Å²) >= 11 is 2.12. The van der Waals surface area contributed by atoms with Gasteiger partial charge in [0.05, 0.1) is 26.2 Å². The van der Waals surface area contributed by atoms with Crippen LogP contribution in [0.1, 0.15) is 0 Å². The highest BCUT2D eigenvalue weighted by Gasteiger charge is 2.31. The fourth-order valence-electron chi connectivity index (χ4n) is 3.00. The minimum absolute atomic E-state index is 0.0205. The summed E-state index contributed by atoms with van der Waals surface area (Å²) in [4.78, 5) is 0. The van der Waals surface area contributed by atoms with E-state index in [1.807, 2.05) is 0 Å². The first-order valence-corrected chi connectivity index (χ1v) is 14.3. The van der Waals surface area contributed by atoms with E-state index in [-0.39, 0.29) is 24.8 Å². The quantitative estimate of drug-likeness (QED) is 0.342. The van der Waals surface area contributed by atoms with Crippen LogP contribution in [0.25, 0.3) is 17.3 Å². The van der Waals surface area contributed by atoms with Gasteiger partial charge in [-0.15, -0.1) is 10.2 Å². The van der Waals surface area contributed by atoms with Crippen LogP contribution in [0, 0.1) is 0 Å². The number of furan rings is 1. The van der Waals surface area contributed by atoms with Crippen molar-refractivity contribution in [2.45, 2.75) is 0 Å². The number of benzene rings is 1. The number of sulfonamides is 1. The first-order chi connectivity index (χ1) is 15.0. The monoisotopic (exact) mass is 579 g/mol. The topological polar surface area (TPSA) is 126 Å². The molecule has 1 aromatic carbocycles. The fourth-order valence-corrected chi connectivity index (χ4v) is 5.21. The van der Waals surface area contributed by atoms with Crippen LogP contribution in [0.15, 0.2) is 41.0 Å². The molecule has 0 unspecified atom stereocenters. The summed E-state index contributed by atoms with van der Waals surface area (Å²) in [6.07, 6.45) is 1.50. The second-order valence-corrected chi connectivity index (χ2v) is 10.6. The third kappa shape index (κ3) is 4.94. The largest absolute Gasteiger partial charge is 0.494 e. The van der Waals surface area contributed by atoms with E-state index in [1.165, 1.54) is 33.7 Å². The first-order valence-electron chi connectivity index (χ1n) is 9.13. The lowest BCUT2D eigenvalue weighted by Crippen LogP contribution is -2.38. The highest BCUT2D eigenvalue weighted by molar-refractivity contribution is 14.2. The van der Waals surface area contributed by atoms with Crippen LogP contribution in [-0.4, -0.2) is 62.0 Å². The van der Waals surface area contributed by atoms with Gasteiger partial charge in [0.2, 0.25) is 21.8 Å². The van der Waals surface area contributed by atoms with E-state index in [2.05, 4.69) is 31.4 Å². The van der Waals surface area contributed by atoms with Gasteiger partial charge in [0.15, 0.2) is 5.76 Å². The van der Waals surface area contributed by atoms with Gasteiger partial charge < -0.3 is 19.6 Å². The van der Waals surface area contributed by atoms with Crippen molar-refractivity contribution in [3.63, 3.8) is 0 Å². The molecule has 0 aliphatic rings. The predicted molar refractivity (Wildman–Crippen MR) is 129 cm³/mol. The molecular weight excluding hydrogens is 557 g/mol. The summed E-state index contributed by atoms with van der Waals surface area (Å²) < 4.78 is 45.6. The molecule has 2 aromatic heterocycles. The molecule has 0 amide bonds. The molecular formula is C18H22IN5O5S2. The minimum Gasteiger partial charge on any atom is -0.494 e. The number of nitrogens with two attached hydrogens (primary N) is 1. The lowest BCUT2D eigenvalue weighted by molar-refractivity contribution is 0.391. The van der Waals surface area contributed by atoms with E-state index in [9.17, 15) is 8.42 Å². The van der Waals surface area contributed by atoms with E-state index in [1.54, 1.807) is 34.9 Å². The van der Waals surface area contributed by atoms with Crippen molar-refractivity contribution < 1.29 is 22.3 Å². The van der Waals surface area contributed by atoms with E-state index in [0.29, 0.717) is 34.5 Å². The second-order valence-electron chi connectivity index (χ2n) is 6.14. The molecule has 0 aliphatic carbocycles. The van der Waals surface area contributed by atoms with Crippen LogP contribution in [0.2, 0.25) is 0 Å². The molecule has 0 radical (unpaired) electrons. The molecule has 0 atom stereocenters. The van der Waals surface area contributed by atoms with E-state index in [4.69, 9.17) is 19.6 Å². The maximum Gasteiger partial charge on any atom is 0.246 e. The molecule has 0 fully saturated rings. The Balaban J connectivity index is 2.33. The number of anilines is 1. The zero-order valence-electron chi connectivity index (χ0n) is 16.9. The Bertz CT molecular complexity index is 1080. The number of hydrogen-bond acceptors (Lipinski definition) is 9. The van der Waals surface area contributed by atoms with Gasteiger partial charge in [-0.3, -0.25) is 4.57 Å². The maximum absolute atomic E-state index is 13.1. The second kappa shape index (κ2) is 10.6. The number of halogens is 1. The van der Waals surface area contributed by atoms with Crippen LogP contribution in [-0.2, 0) is 10.0 Å². The van der Waals surface area contributed by atoms with Gasteiger partial charge in [-0.2, -0.15) is 0 Å². The lowest BCUT2D eigenvalue weighted by atomic mass is 10.2. The summed E-state index contributed by atoms with van der Waals surface area (Å²) in [7, 11) is 0.758. The van der Waals surface area contributed by atoms with Gasteiger partial charge >= 0.3 is 0 Å². The summed E-state index contributed by atoms with van der Waals surface area (Å²) in [6.45, 7) is 0.164. The summed E-state index contributed by atoms with van der Waals surface area (Å²) in [5, 5.41) is 8.49. The number of para-hydroxylation sites is 1. The standard InChI is InChI=1S/C18H22IN5O5S2/c1-27-13-5-3-6-14(28-2)16(13)24-17(15-7-4-10-29-15)21-22-18(24)23(9-11-30-19)31(25,26)12-8-20/h3-7,10H,8-9,11-12,20H2,1-2H3. The summed E-state index contributed by atoms with van der Waals surface area (Å²) in [5.74, 6) is 2.01. The maximum atomic E-state index is 13.1. The normalized spacial score (nSPS) is 11.5. The van der Waals surface area contributed by atoms with Crippen molar-refractivity contribution in [1.29, 1.82) is 0 Å². The van der Waals surface area contributed by atoms with Crippen LogP contribution >= 0.6 is 30.1 Å². The van der Waals surface area contributed by atoms with Gasteiger partial charge in [-0.05, 0) is 45.5 Å². The van der Waals surface area contributed by atoms with E-state index < -0.39 is 10.0 Å².